The number of anilines is 6. The molecule has 3 aliphatic rings. The van der Waals surface area contributed by atoms with Crippen molar-refractivity contribution in [3.05, 3.63) is 177 Å². The molecule has 6 aromatic carbocycles. The molecule has 0 aliphatic carbocycles. The predicted molar refractivity (Wildman–Crippen MR) is 596 cm³/mol. The van der Waals surface area contributed by atoms with Gasteiger partial charge in [0.1, 0.15) is 0 Å². The first kappa shape index (κ1) is 151. The summed E-state index contributed by atoms with van der Waals surface area (Å²) in [5.74, 6) is 2.56. The van der Waals surface area contributed by atoms with E-state index < -0.39 is 0 Å². The predicted octanol–water partition coefficient (Wildman–Crippen LogP) is 38.2. The van der Waals surface area contributed by atoms with Crippen molar-refractivity contribution < 1.29 is 0 Å². The summed E-state index contributed by atoms with van der Waals surface area (Å²) in [5, 5.41) is 0. The minimum Gasteiger partial charge on any atom is -0.371 e. The Morgan fingerprint density at radius 3 is 0.724 bits per heavy atom. The maximum atomic E-state index is 2.84. The Kier molecular flexibility index (Phi) is 123. The molecule has 0 amide bonds. The number of nitrogens with zero attached hydrogens (tertiary/aromatic N) is 6. The molecule has 0 bridgehead atoms. The quantitative estimate of drug-likeness (QED) is 0.0484. The van der Waals surface area contributed by atoms with Crippen molar-refractivity contribution in [2.75, 3.05) is 108 Å². The molecule has 0 saturated carbocycles. The number of hydrogen-bond acceptors (Lipinski definition) is 6. The van der Waals surface area contributed by atoms with E-state index in [0.717, 1.165) is 116 Å². The molecule has 6 heteroatoms. The Labute approximate surface area is 783 Å². The standard InChI is InChI=1S/C41H57N3.C40H61N3.14C2H6.8CH4/c1-8-31-17-13-14-22-38(31)42-25-36-27-43(39-32(9-2)18-15-19-33(39)10-3)23-29(6)41(36)30(7)24-44(28-37(41)26-42)40-34(11-4)20-16-21-35(40)12-5;1-8-27-42(39-34(11-4)22-17-23-35(39)12-5)31-19-29-41(38-26-16-15-21-33(38)10-3)30-20-32-43(28-9-2)40-36(13-6)24-18-25-37(40)14-7;14*1-2;;;;;;;;/h13-22,29-30,36-37H,8-12,23-28H2,1-7H3;15-18,21-26H,8-14,19-20,27-32H2,1-7H3;14*1-2H3;8*1H4/t29-,30+,36+,37-,41?;;;;;;;;;;;;;;;;;;;;;;;. The third-order valence-corrected chi connectivity index (χ3v) is 21.1. The second-order valence-electron chi connectivity index (χ2n) is 26.1. The van der Waals surface area contributed by atoms with Gasteiger partial charge >= 0.3 is 0 Å². The minimum atomic E-state index is 0. The van der Waals surface area contributed by atoms with Crippen molar-refractivity contribution in [3.63, 3.8) is 0 Å². The Hall–Kier alpha value is -5.88. The summed E-state index contributed by atoms with van der Waals surface area (Å²) in [4.78, 5) is 16.6. The molecule has 3 saturated heterocycles. The molecule has 5 atom stereocenters. The van der Waals surface area contributed by atoms with Crippen molar-refractivity contribution in [2.45, 2.75) is 440 Å². The molecule has 0 N–H and O–H groups in total. The first-order valence-corrected chi connectivity index (χ1v) is 49.5. The van der Waals surface area contributed by atoms with E-state index in [1.165, 1.54) is 130 Å². The van der Waals surface area contributed by atoms with Crippen LogP contribution in [0.5, 0.6) is 0 Å². The molecule has 3 heterocycles. The molecular weight excluding hydrogens is 1490 g/mol. The van der Waals surface area contributed by atoms with Crippen LogP contribution in [0.2, 0.25) is 0 Å². The highest BCUT2D eigenvalue weighted by atomic mass is 15.2. The third kappa shape index (κ3) is 45.6. The van der Waals surface area contributed by atoms with Crippen molar-refractivity contribution in [1.29, 1.82) is 0 Å². The van der Waals surface area contributed by atoms with Crippen LogP contribution in [0.15, 0.2) is 121 Å². The van der Waals surface area contributed by atoms with Crippen molar-refractivity contribution >= 4 is 34.1 Å². The summed E-state index contributed by atoms with van der Waals surface area (Å²) in [5.41, 5.74) is 24.4. The smallest absolute Gasteiger partial charge is 0.0431 e. The van der Waals surface area contributed by atoms with E-state index in [2.05, 4.69) is 248 Å². The molecule has 3 aliphatic heterocycles. The molecule has 3 fully saturated rings. The second kappa shape index (κ2) is 99.9. The van der Waals surface area contributed by atoms with Gasteiger partial charge in [0.15, 0.2) is 0 Å². The largest absolute Gasteiger partial charge is 0.371 e. The first-order chi connectivity index (χ1) is 56.5. The Morgan fingerprint density at radius 2 is 0.463 bits per heavy atom. The molecule has 6 aromatic rings. The molecule has 0 radical (unpaired) electrons. The zero-order valence-electron chi connectivity index (χ0n) is 85.4. The number of hydrogen-bond donors (Lipinski definition) is 0. The van der Waals surface area contributed by atoms with Crippen molar-refractivity contribution in [1.82, 2.24) is 0 Å². The Bertz CT molecular complexity index is 2820. The fourth-order valence-corrected chi connectivity index (χ4v) is 17.2. The third-order valence-electron chi connectivity index (χ3n) is 21.1. The fourth-order valence-electron chi connectivity index (χ4n) is 17.2. The lowest BCUT2D eigenvalue weighted by molar-refractivity contribution is -0.0773. The van der Waals surface area contributed by atoms with Gasteiger partial charge in [-0.15, -0.1) is 0 Å². The summed E-state index contributed by atoms with van der Waals surface area (Å²) < 4.78 is 0. The summed E-state index contributed by atoms with van der Waals surface area (Å²) in [6, 6.07) is 46.3. The van der Waals surface area contributed by atoms with Gasteiger partial charge in [-0.3, -0.25) is 0 Å². The maximum Gasteiger partial charge on any atom is 0.0431 e. The average molecular weight is 1730 g/mol. The number of rotatable bonds is 28. The summed E-state index contributed by atoms with van der Waals surface area (Å²) in [6.45, 7) is 103. The van der Waals surface area contributed by atoms with Gasteiger partial charge in [-0.05, 0) is 175 Å². The topological polar surface area (TPSA) is 19.4 Å². The minimum absolute atomic E-state index is 0. The van der Waals surface area contributed by atoms with Gasteiger partial charge in [0.05, 0.1) is 0 Å². The first-order valence-electron chi connectivity index (χ1n) is 49.5. The highest BCUT2D eigenvalue weighted by Crippen LogP contribution is 2.59. The average Bonchev–Trinajstić information content (AvgIpc) is 0.704. The van der Waals surface area contributed by atoms with E-state index in [0.29, 0.717) is 29.1 Å². The van der Waals surface area contributed by atoms with E-state index >= 15 is 0 Å². The van der Waals surface area contributed by atoms with Crippen LogP contribution >= 0.6 is 0 Å². The van der Waals surface area contributed by atoms with E-state index in [1.54, 1.807) is 11.4 Å². The highest BCUT2D eigenvalue weighted by Gasteiger charge is 2.61. The van der Waals surface area contributed by atoms with E-state index in [9.17, 15) is 0 Å². The van der Waals surface area contributed by atoms with Crippen LogP contribution in [-0.4, -0.2) is 78.5 Å². The summed E-state index contributed by atoms with van der Waals surface area (Å²) in [7, 11) is 0. The van der Waals surface area contributed by atoms with E-state index in [-0.39, 0.29) is 59.4 Å². The van der Waals surface area contributed by atoms with Crippen LogP contribution in [0.1, 0.15) is 432 Å². The molecule has 732 valence electrons. The fraction of sp³-hybridized carbons (Fsp3) is 0.692. The molecule has 1 spiro atoms. The number of aryl methyl sites for hydroxylation is 10. The van der Waals surface area contributed by atoms with Gasteiger partial charge in [0, 0.05) is 124 Å². The lowest BCUT2D eigenvalue weighted by Crippen LogP contribution is -2.71. The van der Waals surface area contributed by atoms with Crippen LogP contribution < -0.4 is 29.4 Å². The van der Waals surface area contributed by atoms with Crippen LogP contribution in [-0.2, 0) is 64.2 Å². The van der Waals surface area contributed by atoms with Crippen LogP contribution in [0.4, 0.5) is 34.1 Å². The lowest BCUT2D eigenvalue weighted by Gasteiger charge is -2.66. The summed E-state index contributed by atoms with van der Waals surface area (Å²) >= 11 is 0. The monoisotopic (exact) mass is 1720 g/mol. The van der Waals surface area contributed by atoms with E-state index in [4.69, 9.17) is 0 Å². The SMILES string of the molecule is C.C.C.C.C.C.C.C.CC.CC.CC.CC.CC.CC.CC.CC.CC.CC.CC.CC.CC.CC.CCCN(CCCN(CCCN(CCC)c1c(CC)cccc1CC)c1ccccc1CC)c1c(CC)cccc1CC.CCc1ccccc1N1C[C@@H]2CN(c3c(CC)cccc3CC)C[C@H](C)C23[C@@H](C1)CN(c1c(CC)cccc1CC)C[C@H]3C. The maximum absolute atomic E-state index is 2.84. The molecular formula is C117H234N6. The van der Waals surface area contributed by atoms with Gasteiger partial charge in [-0.25, -0.2) is 0 Å². The van der Waals surface area contributed by atoms with Crippen LogP contribution in [0.3, 0.4) is 0 Å². The highest BCUT2D eigenvalue weighted by molar-refractivity contribution is 5.65. The number of benzene rings is 6. The van der Waals surface area contributed by atoms with Crippen LogP contribution in [0.25, 0.3) is 0 Å². The molecule has 6 nitrogen and oxygen atoms in total. The van der Waals surface area contributed by atoms with Crippen LogP contribution in [0, 0.1) is 29.1 Å². The molecule has 9 rings (SSSR count). The van der Waals surface area contributed by atoms with Gasteiger partial charge in [0.25, 0.3) is 0 Å². The van der Waals surface area contributed by atoms with Gasteiger partial charge in [0.2, 0.25) is 0 Å². The Balaban J connectivity index is -0.000000108. The van der Waals surface area contributed by atoms with Gasteiger partial charge in [-0.1, -0.05) is 459 Å². The van der Waals surface area contributed by atoms with Crippen molar-refractivity contribution in [2.24, 2.45) is 29.1 Å². The van der Waals surface area contributed by atoms with Gasteiger partial charge in [-0.2, -0.15) is 0 Å². The van der Waals surface area contributed by atoms with Gasteiger partial charge < -0.3 is 29.4 Å². The van der Waals surface area contributed by atoms with Crippen molar-refractivity contribution in [3.8, 4) is 0 Å². The molecule has 123 heavy (non-hydrogen) atoms. The molecule has 1 unspecified atom stereocenters. The normalized spacial score (nSPS) is 14.2. The number of piperidine rings is 3. The molecule has 0 aromatic heterocycles. The summed E-state index contributed by atoms with van der Waals surface area (Å²) in [6.07, 6.45) is 15.6. The number of para-hydroxylation sites is 6. The lowest BCUT2D eigenvalue weighted by atomic mass is 9.49. The van der Waals surface area contributed by atoms with E-state index in [1.807, 2.05) is 194 Å². The zero-order chi connectivity index (χ0) is 90.0. The zero-order valence-corrected chi connectivity index (χ0v) is 85.4. The Morgan fingerprint density at radius 1 is 0.244 bits per heavy atom. The second-order valence-corrected chi connectivity index (χ2v) is 26.1.